The molecule has 1 aliphatic rings. The maximum atomic E-state index is 14.1. The molecule has 0 radical (unpaired) electrons. The lowest BCUT2D eigenvalue weighted by Crippen LogP contribution is -2.21. The highest BCUT2D eigenvalue weighted by Gasteiger charge is 2.38. The number of likely N-dealkylation sites (N-methyl/N-ethyl adjacent to an activating group) is 1. The number of carbonyl (C=O) groups excluding carboxylic acids is 1. The highest BCUT2D eigenvalue weighted by molar-refractivity contribution is 6.32. The van der Waals surface area contributed by atoms with Crippen LogP contribution >= 0.6 is 11.6 Å². The first-order valence-electron chi connectivity index (χ1n) is 13.9. The van der Waals surface area contributed by atoms with Crippen LogP contribution in [0.2, 0.25) is 5.02 Å². The monoisotopic (exact) mass is 644 g/mol. The Morgan fingerprint density at radius 1 is 1.13 bits per heavy atom. The van der Waals surface area contributed by atoms with Crippen LogP contribution in [-0.4, -0.2) is 54.5 Å². The summed E-state index contributed by atoms with van der Waals surface area (Å²) in [7, 11) is 1.84. The quantitative estimate of drug-likeness (QED) is 0.236. The molecule has 1 amide bonds. The van der Waals surface area contributed by atoms with Crippen LogP contribution in [0.25, 0.3) is 11.9 Å². The summed E-state index contributed by atoms with van der Waals surface area (Å²) in [6.45, 7) is 1.86. The molecule has 2 N–H and O–H groups in total. The number of halogens is 4. The molecule has 0 bridgehead atoms. The third kappa shape index (κ3) is 5.73. The van der Waals surface area contributed by atoms with E-state index in [0.717, 1.165) is 16.7 Å². The number of nitrogens with one attached hydrogen (secondary N) is 2. The highest BCUT2D eigenvalue weighted by Crippen LogP contribution is 2.44. The molecule has 0 spiro atoms. The van der Waals surface area contributed by atoms with Crippen LogP contribution in [0, 0.1) is 18.3 Å². The molecule has 2 aromatic carbocycles. The van der Waals surface area contributed by atoms with E-state index in [0.29, 0.717) is 33.6 Å². The second kappa shape index (κ2) is 12.2. The van der Waals surface area contributed by atoms with Gasteiger partial charge in [-0.25, -0.2) is 14.3 Å². The molecule has 5 aromatic rings. The summed E-state index contributed by atoms with van der Waals surface area (Å²) in [5, 5.41) is 30.2. The summed E-state index contributed by atoms with van der Waals surface area (Å²) in [6.07, 6.45) is -1.27. The van der Waals surface area contributed by atoms with Crippen LogP contribution in [0.4, 0.5) is 18.9 Å². The normalized spacial score (nSPS) is 14.1. The van der Waals surface area contributed by atoms with Gasteiger partial charge < -0.3 is 10.6 Å². The largest absolute Gasteiger partial charge is 0.453 e. The van der Waals surface area contributed by atoms with E-state index in [2.05, 4.69) is 48.4 Å². The Morgan fingerprint density at radius 3 is 2.67 bits per heavy atom. The zero-order chi connectivity index (χ0) is 32.6. The molecule has 46 heavy (non-hydrogen) atoms. The van der Waals surface area contributed by atoms with Crippen LogP contribution in [-0.2, 0) is 12.7 Å². The summed E-state index contributed by atoms with van der Waals surface area (Å²) in [4.78, 5) is 18.4. The number of aromatic nitrogens is 7. The molecule has 15 heteroatoms. The van der Waals surface area contributed by atoms with Gasteiger partial charge in [0, 0.05) is 24.3 Å². The zero-order valence-electron chi connectivity index (χ0n) is 24.3. The lowest BCUT2D eigenvalue weighted by Gasteiger charge is -2.23. The third-order valence-electron chi connectivity index (χ3n) is 7.47. The standard InChI is InChI=1S/C31H24ClF3N10O/c1-17-10-18(14-36)11-23(26-20(15-37-2)12-19-6-3-4-7-22(19)26)27(17)39-29(46)25-13-21(16-44-30(31(33,34)35)40-42-43-44)41-45(25)28-24(32)8-5-9-38-28/h3-13,26,37H,15-16H2,1-2H3,(H,39,46). The first kappa shape index (κ1) is 30.6. The Kier molecular flexibility index (Phi) is 8.11. The molecule has 1 unspecified atom stereocenters. The number of nitriles is 1. The number of anilines is 1. The van der Waals surface area contributed by atoms with Gasteiger partial charge in [-0.2, -0.15) is 23.5 Å². The minimum atomic E-state index is -4.81. The fraction of sp³-hybridized carbons (Fsp3) is 0.194. The second-order valence-electron chi connectivity index (χ2n) is 10.5. The van der Waals surface area contributed by atoms with Crippen molar-refractivity contribution in [1.82, 2.24) is 40.3 Å². The lowest BCUT2D eigenvalue weighted by atomic mass is 9.85. The minimum absolute atomic E-state index is 0.0467. The van der Waals surface area contributed by atoms with Gasteiger partial charge in [0.2, 0.25) is 0 Å². The zero-order valence-corrected chi connectivity index (χ0v) is 25.1. The van der Waals surface area contributed by atoms with Gasteiger partial charge in [0.05, 0.1) is 28.9 Å². The Labute approximate surface area is 265 Å². The van der Waals surface area contributed by atoms with Crippen molar-refractivity contribution in [3.63, 3.8) is 0 Å². The van der Waals surface area contributed by atoms with Crippen molar-refractivity contribution in [2.75, 3.05) is 18.9 Å². The number of rotatable bonds is 8. The number of alkyl halides is 3. The van der Waals surface area contributed by atoms with Crippen LogP contribution in [0.1, 0.15) is 55.7 Å². The Hall–Kier alpha value is -5.39. The second-order valence-corrected chi connectivity index (χ2v) is 10.9. The molecule has 1 atom stereocenters. The molecule has 3 aromatic heterocycles. The van der Waals surface area contributed by atoms with Crippen LogP contribution in [0.3, 0.4) is 0 Å². The van der Waals surface area contributed by atoms with E-state index in [9.17, 15) is 23.2 Å². The van der Waals surface area contributed by atoms with E-state index in [1.807, 2.05) is 31.3 Å². The SMILES string of the molecule is CNCC1=Cc2ccccc2C1c1cc(C#N)cc(C)c1NC(=O)c1cc(Cn2nnnc2C(F)(F)F)nn1-c1ncccc1Cl. The van der Waals surface area contributed by atoms with E-state index >= 15 is 0 Å². The minimum Gasteiger partial charge on any atom is -0.320 e. The predicted octanol–water partition coefficient (Wildman–Crippen LogP) is 5.16. The summed E-state index contributed by atoms with van der Waals surface area (Å²) in [5.41, 5.74) is 5.35. The third-order valence-corrected chi connectivity index (χ3v) is 7.77. The van der Waals surface area contributed by atoms with Crippen molar-refractivity contribution in [3.05, 3.63) is 116 Å². The lowest BCUT2D eigenvalue weighted by molar-refractivity contribution is -0.147. The smallest absolute Gasteiger partial charge is 0.320 e. The Morgan fingerprint density at radius 2 is 1.93 bits per heavy atom. The maximum absolute atomic E-state index is 14.1. The summed E-state index contributed by atoms with van der Waals surface area (Å²) in [6, 6.07) is 18.0. The average Bonchev–Trinajstić information content (AvgIpc) is 3.76. The molecule has 3 heterocycles. The number of carbonyl (C=O) groups is 1. The van der Waals surface area contributed by atoms with Crippen LogP contribution in [0.15, 0.2) is 66.4 Å². The van der Waals surface area contributed by atoms with Crippen LogP contribution in [0.5, 0.6) is 0 Å². The van der Waals surface area contributed by atoms with Gasteiger partial charge in [-0.1, -0.05) is 41.9 Å². The van der Waals surface area contributed by atoms with E-state index in [1.165, 1.54) is 16.9 Å². The average molecular weight is 645 g/mol. The molecule has 11 nitrogen and oxygen atoms in total. The number of tetrazole rings is 1. The number of hydrogen-bond acceptors (Lipinski definition) is 8. The summed E-state index contributed by atoms with van der Waals surface area (Å²) < 4.78 is 42.1. The molecule has 6 rings (SSSR count). The predicted molar refractivity (Wildman–Crippen MR) is 162 cm³/mol. The molecule has 0 aliphatic heterocycles. The molecule has 232 valence electrons. The Bertz CT molecular complexity index is 2040. The molecular formula is C31H24ClF3N10O. The molecular weight excluding hydrogens is 621 g/mol. The molecule has 0 saturated carbocycles. The van der Waals surface area contributed by atoms with Gasteiger partial charge in [0.25, 0.3) is 11.7 Å². The van der Waals surface area contributed by atoms with E-state index < -0.39 is 24.5 Å². The van der Waals surface area contributed by atoms with Crippen molar-refractivity contribution < 1.29 is 18.0 Å². The first-order valence-corrected chi connectivity index (χ1v) is 14.3. The number of benzene rings is 2. The molecule has 1 aliphatic carbocycles. The highest BCUT2D eigenvalue weighted by atomic mass is 35.5. The number of fused-ring (bicyclic) bond motifs is 1. The van der Waals surface area contributed by atoms with E-state index in [-0.39, 0.29) is 28.1 Å². The number of amides is 1. The van der Waals surface area contributed by atoms with Crippen molar-refractivity contribution in [3.8, 4) is 11.9 Å². The fourth-order valence-electron chi connectivity index (χ4n) is 5.60. The van der Waals surface area contributed by atoms with Crippen LogP contribution < -0.4 is 10.6 Å². The fourth-order valence-corrected chi connectivity index (χ4v) is 5.80. The maximum Gasteiger partial charge on any atom is 0.453 e. The topological polar surface area (TPSA) is 139 Å². The van der Waals surface area contributed by atoms with Gasteiger partial charge in [0.15, 0.2) is 5.82 Å². The van der Waals surface area contributed by atoms with Gasteiger partial charge >= 0.3 is 6.18 Å². The van der Waals surface area contributed by atoms with E-state index in [4.69, 9.17) is 11.6 Å². The van der Waals surface area contributed by atoms with Crippen molar-refractivity contribution >= 4 is 29.3 Å². The van der Waals surface area contributed by atoms with Crippen molar-refractivity contribution in [2.45, 2.75) is 25.6 Å². The van der Waals surface area contributed by atoms with Crippen molar-refractivity contribution in [1.29, 1.82) is 5.26 Å². The molecule has 0 saturated heterocycles. The molecule has 0 fully saturated rings. The van der Waals surface area contributed by atoms with Gasteiger partial charge in [-0.15, -0.1) is 5.10 Å². The number of pyridine rings is 1. The summed E-state index contributed by atoms with van der Waals surface area (Å²) >= 11 is 6.41. The van der Waals surface area contributed by atoms with Crippen molar-refractivity contribution in [2.24, 2.45) is 0 Å². The number of aryl methyl sites for hydroxylation is 1. The number of hydrogen-bond donors (Lipinski definition) is 2. The van der Waals surface area contributed by atoms with Gasteiger partial charge in [0.1, 0.15) is 5.69 Å². The number of nitrogens with zero attached hydrogens (tertiary/aromatic N) is 8. The summed E-state index contributed by atoms with van der Waals surface area (Å²) in [5.74, 6) is -2.12. The van der Waals surface area contributed by atoms with Gasteiger partial charge in [-0.05, 0) is 82.6 Å². The first-order chi connectivity index (χ1) is 22.1. The van der Waals surface area contributed by atoms with Gasteiger partial charge in [-0.3, -0.25) is 4.79 Å². The van der Waals surface area contributed by atoms with E-state index in [1.54, 1.807) is 31.2 Å². The Balaban J connectivity index is 1.44.